The molecule has 1 aliphatic heterocycles. The van der Waals surface area contributed by atoms with Gasteiger partial charge in [-0.2, -0.15) is 0 Å². The molecule has 1 saturated heterocycles. The number of allylic oxidation sites excluding steroid dienone is 4. The smallest absolute Gasteiger partial charge is 0.116 e. The normalized spacial score (nSPS) is 31.8. The van der Waals surface area contributed by atoms with Crippen LogP contribution in [-0.2, 0) is 9.47 Å². The fraction of sp³-hybridized carbons (Fsp3) is 0.750. The third-order valence-electron chi connectivity index (χ3n) is 4.93. The van der Waals surface area contributed by atoms with Crippen LogP contribution < -0.4 is 0 Å². The Morgan fingerprint density at radius 3 is 2.83 bits per heavy atom. The number of ether oxygens (including phenoxy) is 2. The van der Waals surface area contributed by atoms with E-state index in [4.69, 9.17) is 9.47 Å². The second-order valence-electron chi connectivity index (χ2n) is 6.51. The molecule has 2 unspecified atom stereocenters. The van der Waals surface area contributed by atoms with Gasteiger partial charge in [-0.15, -0.1) is 0 Å². The molecular weight excluding hydrogens is 224 g/mol. The molecule has 0 spiro atoms. The van der Waals surface area contributed by atoms with E-state index in [1.807, 2.05) is 0 Å². The Balaban J connectivity index is 2.04. The zero-order valence-corrected chi connectivity index (χ0v) is 12.2. The molecule has 18 heavy (non-hydrogen) atoms. The maximum absolute atomic E-state index is 5.91. The summed E-state index contributed by atoms with van der Waals surface area (Å²) in [7, 11) is 0. The van der Waals surface area contributed by atoms with Gasteiger partial charge in [0.2, 0.25) is 0 Å². The molecule has 0 saturated carbocycles. The first-order valence-corrected chi connectivity index (χ1v) is 7.07. The Hall–Kier alpha value is -0.760. The summed E-state index contributed by atoms with van der Waals surface area (Å²) in [4.78, 5) is 0. The molecule has 0 N–H and O–H groups in total. The van der Waals surface area contributed by atoms with E-state index in [0.29, 0.717) is 18.1 Å². The standard InChI is InChI=1S/C16H26O2/c1-5-15(2,3)16(4)9-7-6-8-13(10-16)17-11-14-12-18-14/h6-8,14H,5,9-12H2,1-4H3. The van der Waals surface area contributed by atoms with Gasteiger partial charge < -0.3 is 9.47 Å². The quantitative estimate of drug-likeness (QED) is 0.686. The molecule has 0 aromatic carbocycles. The minimum Gasteiger partial charge on any atom is -0.495 e. The Kier molecular flexibility index (Phi) is 3.86. The van der Waals surface area contributed by atoms with Crippen LogP contribution in [0.15, 0.2) is 24.0 Å². The number of hydrogen-bond donors (Lipinski definition) is 0. The second-order valence-corrected chi connectivity index (χ2v) is 6.51. The van der Waals surface area contributed by atoms with Gasteiger partial charge in [-0.3, -0.25) is 0 Å². The van der Waals surface area contributed by atoms with Crippen molar-refractivity contribution < 1.29 is 9.47 Å². The van der Waals surface area contributed by atoms with Gasteiger partial charge in [0, 0.05) is 6.42 Å². The summed E-state index contributed by atoms with van der Waals surface area (Å²) in [6, 6.07) is 0. The lowest BCUT2D eigenvalue weighted by molar-refractivity contribution is 0.0597. The van der Waals surface area contributed by atoms with Gasteiger partial charge in [0.1, 0.15) is 12.7 Å². The molecule has 2 nitrogen and oxygen atoms in total. The fourth-order valence-corrected chi connectivity index (χ4v) is 2.42. The predicted octanol–water partition coefficient (Wildman–Crippen LogP) is 4.08. The van der Waals surface area contributed by atoms with Crippen molar-refractivity contribution in [2.24, 2.45) is 10.8 Å². The molecule has 0 radical (unpaired) electrons. The summed E-state index contributed by atoms with van der Waals surface area (Å²) in [5.41, 5.74) is 0.588. The van der Waals surface area contributed by atoms with E-state index >= 15 is 0 Å². The lowest BCUT2D eigenvalue weighted by atomic mass is 9.62. The first-order valence-electron chi connectivity index (χ1n) is 7.07. The molecule has 1 heterocycles. The van der Waals surface area contributed by atoms with Gasteiger partial charge in [0.25, 0.3) is 0 Å². The zero-order chi connectivity index (χ0) is 13.2. The Morgan fingerprint density at radius 2 is 2.22 bits per heavy atom. The third kappa shape index (κ3) is 2.97. The predicted molar refractivity (Wildman–Crippen MR) is 74.3 cm³/mol. The van der Waals surface area contributed by atoms with E-state index in [2.05, 4.69) is 45.9 Å². The largest absolute Gasteiger partial charge is 0.495 e. The summed E-state index contributed by atoms with van der Waals surface area (Å²) in [6.07, 6.45) is 10.2. The van der Waals surface area contributed by atoms with Gasteiger partial charge >= 0.3 is 0 Å². The minimum atomic E-state index is 0.269. The van der Waals surface area contributed by atoms with Crippen LogP contribution >= 0.6 is 0 Å². The third-order valence-corrected chi connectivity index (χ3v) is 4.93. The molecule has 0 aromatic heterocycles. The van der Waals surface area contributed by atoms with Crippen LogP contribution in [0.1, 0.15) is 47.0 Å². The van der Waals surface area contributed by atoms with Crippen molar-refractivity contribution in [3.05, 3.63) is 24.0 Å². The van der Waals surface area contributed by atoms with Crippen molar-refractivity contribution in [1.82, 2.24) is 0 Å². The summed E-state index contributed by atoms with van der Waals surface area (Å²) in [5, 5.41) is 0. The summed E-state index contributed by atoms with van der Waals surface area (Å²) in [6.45, 7) is 11.0. The van der Waals surface area contributed by atoms with Crippen molar-refractivity contribution in [2.75, 3.05) is 13.2 Å². The lowest BCUT2D eigenvalue weighted by Crippen LogP contribution is -2.35. The van der Waals surface area contributed by atoms with E-state index in [1.54, 1.807) is 0 Å². The molecule has 1 aliphatic carbocycles. The average Bonchev–Trinajstić information content (AvgIpc) is 3.14. The number of epoxide rings is 1. The van der Waals surface area contributed by atoms with E-state index in [-0.39, 0.29) is 5.41 Å². The molecule has 0 bridgehead atoms. The lowest BCUT2D eigenvalue weighted by Gasteiger charge is -2.43. The molecule has 1 fully saturated rings. The first-order chi connectivity index (χ1) is 8.47. The zero-order valence-electron chi connectivity index (χ0n) is 12.2. The van der Waals surface area contributed by atoms with Crippen LogP contribution in [-0.4, -0.2) is 19.3 Å². The molecule has 102 valence electrons. The van der Waals surface area contributed by atoms with Crippen LogP contribution in [0, 0.1) is 10.8 Å². The molecule has 2 aliphatic rings. The van der Waals surface area contributed by atoms with Crippen LogP contribution in [0.5, 0.6) is 0 Å². The SMILES string of the molecule is CCC(C)(C)C1(C)CC=CC=C(OCC2CO2)C1. The monoisotopic (exact) mass is 250 g/mol. The van der Waals surface area contributed by atoms with E-state index in [1.165, 1.54) is 6.42 Å². The van der Waals surface area contributed by atoms with Gasteiger partial charge in [-0.25, -0.2) is 0 Å². The highest BCUT2D eigenvalue weighted by Gasteiger charge is 2.40. The van der Waals surface area contributed by atoms with Gasteiger partial charge in [-0.05, 0) is 23.3 Å². The highest BCUT2D eigenvalue weighted by atomic mass is 16.6. The highest BCUT2D eigenvalue weighted by Crippen LogP contribution is 2.49. The van der Waals surface area contributed by atoms with Crippen molar-refractivity contribution in [1.29, 1.82) is 0 Å². The molecule has 0 amide bonds. The molecule has 2 atom stereocenters. The first kappa shape index (κ1) is 13.7. The van der Waals surface area contributed by atoms with Crippen molar-refractivity contribution in [2.45, 2.75) is 53.1 Å². The number of hydrogen-bond acceptors (Lipinski definition) is 2. The Morgan fingerprint density at radius 1 is 1.50 bits per heavy atom. The fourth-order valence-electron chi connectivity index (χ4n) is 2.42. The van der Waals surface area contributed by atoms with Crippen molar-refractivity contribution in [3.8, 4) is 0 Å². The molecular formula is C16H26O2. The van der Waals surface area contributed by atoms with Gasteiger partial charge in [0.05, 0.1) is 12.4 Å². The van der Waals surface area contributed by atoms with E-state index < -0.39 is 0 Å². The topological polar surface area (TPSA) is 21.8 Å². The minimum absolute atomic E-state index is 0.269. The van der Waals surface area contributed by atoms with Crippen LogP contribution in [0.2, 0.25) is 0 Å². The molecule has 2 rings (SSSR count). The maximum Gasteiger partial charge on any atom is 0.116 e. The van der Waals surface area contributed by atoms with Gasteiger partial charge in [0.15, 0.2) is 0 Å². The Labute approximate surface area is 111 Å². The number of rotatable bonds is 5. The average molecular weight is 250 g/mol. The van der Waals surface area contributed by atoms with Crippen molar-refractivity contribution in [3.63, 3.8) is 0 Å². The summed E-state index contributed by atoms with van der Waals surface area (Å²) in [5.74, 6) is 1.11. The summed E-state index contributed by atoms with van der Waals surface area (Å²) >= 11 is 0. The van der Waals surface area contributed by atoms with Crippen LogP contribution in [0.25, 0.3) is 0 Å². The van der Waals surface area contributed by atoms with Gasteiger partial charge in [-0.1, -0.05) is 46.3 Å². The van der Waals surface area contributed by atoms with Crippen LogP contribution in [0.3, 0.4) is 0 Å². The molecule has 0 aromatic rings. The van der Waals surface area contributed by atoms with E-state index in [9.17, 15) is 0 Å². The maximum atomic E-state index is 5.91. The van der Waals surface area contributed by atoms with Crippen LogP contribution in [0.4, 0.5) is 0 Å². The highest BCUT2D eigenvalue weighted by molar-refractivity contribution is 5.16. The van der Waals surface area contributed by atoms with E-state index in [0.717, 1.165) is 25.2 Å². The molecule has 2 heteroatoms. The Bertz CT molecular complexity index is 350. The van der Waals surface area contributed by atoms with Crippen molar-refractivity contribution >= 4 is 0 Å². The summed E-state index contributed by atoms with van der Waals surface area (Å²) < 4.78 is 11.1. The second kappa shape index (κ2) is 5.08.